The lowest BCUT2D eigenvalue weighted by molar-refractivity contribution is -0.129. The van der Waals surface area contributed by atoms with Gasteiger partial charge in [-0.15, -0.1) is 0 Å². The molecule has 1 heterocycles. The Kier molecular flexibility index (Phi) is 6.08. The molecule has 4 bridgehead atoms. The molecule has 2 aromatic carbocycles. The molecule has 1 fully saturated rings. The number of carbonyl (C=O) groups is 2. The molecule has 0 spiro atoms. The molecule has 1 saturated carbocycles. The minimum atomic E-state index is -2.71. The van der Waals surface area contributed by atoms with Gasteiger partial charge in [-0.2, -0.15) is 8.42 Å². The third kappa shape index (κ3) is 5.32. The van der Waals surface area contributed by atoms with E-state index in [2.05, 4.69) is 5.32 Å². The Morgan fingerprint density at radius 2 is 1.87 bits per heavy atom. The van der Waals surface area contributed by atoms with E-state index in [4.69, 9.17) is 4.74 Å². The highest BCUT2D eigenvalue weighted by Gasteiger charge is 2.24. The lowest BCUT2D eigenvalue weighted by Gasteiger charge is -2.19. The number of likely N-dealkylation sites (N-methyl/N-ethyl adjacent to an activating group) is 1. The number of rotatable bonds is 3. The summed E-state index contributed by atoms with van der Waals surface area (Å²) in [7, 11) is -0.971. The van der Waals surface area contributed by atoms with E-state index in [0.29, 0.717) is 36.1 Å². The van der Waals surface area contributed by atoms with E-state index in [1.807, 2.05) is 12.1 Å². The molecule has 1 aliphatic carbocycles. The van der Waals surface area contributed by atoms with Crippen LogP contribution < -0.4 is 10.1 Å². The van der Waals surface area contributed by atoms with Gasteiger partial charge in [0.1, 0.15) is 10.6 Å². The Bertz CT molecular complexity index is 1160. The molecule has 2 aliphatic rings. The Morgan fingerprint density at radius 1 is 1.06 bits per heavy atom. The van der Waals surface area contributed by atoms with Crippen LogP contribution in [-0.2, 0) is 39.3 Å². The maximum absolute atomic E-state index is 12.8. The zero-order valence-corrected chi connectivity index (χ0v) is 18.1. The number of nitrogens with one attached hydrogen (secondary N) is 1. The van der Waals surface area contributed by atoms with E-state index in [1.54, 1.807) is 42.3 Å². The first-order chi connectivity index (χ1) is 14.9. The van der Waals surface area contributed by atoms with Crippen LogP contribution in [0.2, 0.25) is 0 Å². The van der Waals surface area contributed by atoms with Crippen LogP contribution in [0, 0.1) is 5.92 Å². The maximum atomic E-state index is 12.8. The number of nitrogens with zero attached hydrogens (tertiary/aromatic N) is 1. The molecule has 0 radical (unpaired) electrons. The van der Waals surface area contributed by atoms with Crippen molar-refractivity contribution in [1.82, 2.24) is 4.90 Å². The average molecular weight is 441 g/mol. The first-order valence-electron chi connectivity index (χ1n) is 10.2. The van der Waals surface area contributed by atoms with Crippen molar-refractivity contribution in [2.24, 2.45) is 5.92 Å². The van der Waals surface area contributed by atoms with Crippen LogP contribution >= 0.6 is 0 Å². The summed E-state index contributed by atoms with van der Waals surface area (Å²) in [6, 6.07) is 12.4. The summed E-state index contributed by atoms with van der Waals surface area (Å²) in [5.74, 6) is 0.334. The molecule has 2 amide bonds. The summed E-state index contributed by atoms with van der Waals surface area (Å²) in [4.78, 5) is 26.9. The summed E-state index contributed by atoms with van der Waals surface area (Å²) in [6.07, 6.45) is 2.31. The van der Waals surface area contributed by atoms with Crippen LogP contribution in [0.3, 0.4) is 0 Å². The number of carbonyl (C=O) groups excluding carboxylic acids is 2. The van der Waals surface area contributed by atoms with Crippen molar-refractivity contribution < 1.29 is 22.7 Å². The highest BCUT2D eigenvalue weighted by molar-refractivity contribution is 7.74. The van der Waals surface area contributed by atoms with Gasteiger partial charge < -0.3 is 15.0 Å². The van der Waals surface area contributed by atoms with Crippen LogP contribution in [-0.4, -0.2) is 43.7 Å². The molecular weight excluding hydrogens is 416 g/mol. The molecule has 0 atom stereocenters. The number of fused-ring (bicyclic) bond motifs is 4. The van der Waals surface area contributed by atoms with Gasteiger partial charge in [-0.25, -0.2) is 0 Å². The van der Waals surface area contributed by atoms with Crippen molar-refractivity contribution in [2.75, 3.05) is 19.0 Å². The Morgan fingerprint density at radius 3 is 2.61 bits per heavy atom. The average Bonchev–Trinajstić information content (AvgIpc) is 3.55. The summed E-state index contributed by atoms with van der Waals surface area (Å²) in [5, 5.41) is 2.67. The molecular formula is C23H24N2O5S. The first kappa shape index (κ1) is 21.1. The first-order valence-corrected chi connectivity index (χ1v) is 11.3. The van der Waals surface area contributed by atoms with Gasteiger partial charge in [-0.3, -0.25) is 9.59 Å². The van der Waals surface area contributed by atoms with Gasteiger partial charge >= 0.3 is 0 Å². The summed E-state index contributed by atoms with van der Waals surface area (Å²) in [5.41, 5.74) is 2.63. The predicted octanol–water partition coefficient (Wildman–Crippen LogP) is 2.22. The van der Waals surface area contributed by atoms with Gasteiger partial charge in [-0.05, 0) is 48.1 Å². The fourth-order valence-electron chi connectivity index (χ4n) is 3.52. The normalized spacial score (nSPS) is 17.1. The fourth-order valence-corrected chi connectivity index (χ4v) is 4.00. The molecule has 1 aliphatic heterocycles. The van der Waals surface area contributed by atoms with Gasteiger partial charge in [0.25, 0.3) is 5.91 Å². The van der Waals surface area contributed by atoms with Crippen LogP contribution in [0.5, 0.6) is 5.75 Å². The number of benzene rings is 2. The summed E-state index contributed by atoms with van der Waals surface area (Å²) in [6.45, 7) is 0.935. The second-order valence-corrected chi connectivity index (χ2v) is 9.07. The number of hydrogen-bond acceptors (Lipinski definition) is 5. The molecule has 7 nitrogen and oxygen atoms in total. The van der Waals surface area contributed by atoms with E-state index in [-0.39, 0.29) is 23.6 Å². The molecule has 162 valence electrons. The molecule has 8 heteroatoms. The fraction of sp³-hybridized carbons (Fsp3) is 0.348. The smallest absolute Gasteiger partial charge is 0.267 e. The minimum Gasteiger partial charge on any atom is -0.493 e. The lowest BCUT2D eigenvalue weighted by Crippen LogP contribution is -2.29. The zero-order valence-electron chi connectivity index (χ0n) is 17.3. The van der Waals surface area contributed by atoms with Gasteiger partial charge in [0.05, 0.1) is 13.0 Å². The molecule has 0 saturated heterocycles. The van der Waals surface area contributed by atoms with E-state index in [0.717, 1.165) is 24.0 Å². The number of hydrogen-bond donors (Lipinski definition) is 1. The second kappa shape index (κ2) is 8.93. The Hall–Kier alpha value is -3.13. The largest absolute Gasteiger partial charge is 0.493 e. The maximum Gasteiger partial charge on any atom is 0.267 e. The molecule has 0 unspecified atom stereocenters. The zero-order chi connectivity index (χ0) is 22.0. The minimum absolute atomic E-state index is 0.0549. The van der Waals surface area contributed by atoms with Gasteiger partial charge in [0.15, 0.2) is 0 Å². The SMILES string of the molecule is CN1Cc2cccc(c2)NC(=O)C(=S(=O)=O)Cc2cc(ccc2OCC2CC2)CC1=O. The summed E-state index contributed by atoms with van der Waals surface area (Å²) >= 11 is 0. The third-order valence-corrected chi connectivity index (χ3v) is 6.22. The molecule has 1 N–H and O–H groups in total. The van der Waals surface area contributed by atoms with Gasteiger partial charge in [-0.1, -0.05) is 24.3 Å². The van der Waals surface area contributed by atoms with Gasteiger partial charge in [0.2, 0.25) is 16.2 Å². The second-order valence-electron chi connectivity index (χ2n) is 8.11. The Balaban J connectivity index is 1.74. The lowest BCUT2D eigenvalue weighted by atomic mass is 10.0. The Labute approximate surface area is 182 Å². The van der Waals surface area contributed by atoms with Crippen molar-refractivity contribution in [1.29, 1.82) is 0 Å². The third-order valence-electron chi connectivity index (χ3n) is 5.49. The van der Waals surface area contributed by atoms with Gasteiger partial charge in [0, 0.05) is 31.3 Å². The van der Waals surface area contributed by atoms with Crippen molar-refractivity contribution in [3.63, 3.8) is 0 Å². The van der Waals surface area contributed by atoms with Crippen molar-refractivity contribution in [3.8, 4) is 5.75 Å². The van der Waals surface area contributed by atoms with Crippen LogP contribution in [0.1, 0.15) is 29.5 Å². The number of anilines is 1. The molecule has 2 aromatic rings. The highest BCUT2D eigenvalue weighted by Crippen LogP contribution is 2.31. The topological polar surface area (TPSA) is 92.8 Å². The number of amides is 2. The van der Waals surface area contributed by atoms with E-state index in [9.17, 15) is 18.0 Å². The quantitative estimate of drug-likeness (QED) is 0.739. The van der Waals surface area contributed by atoms with Crippen molar-refractivity contribution in [3.05, 3.63) is 59.2 Å². The van der Waals surface area contributed by atoms with Crippen LogP contribution in [0.25, 0.3) is 0 Å². The molecule has 0 aromatic heterocycles. The van der Waals surface area contributed by atoms with Crippen molar-refractivity contribution in [2.45, 2.75) is 32.2 Å². The molecule has 31 heavy (non-hydrogen) atoms. The van der Waals surface area contributed by atoms with E-state index >= 15 is 0 Å². The highest BCUT2D eigenvalue weighted by atomic mass is 32.2. The monoisotopic (exact) mass is 440 g/mol. The molecule has 4 rings (SSSR count). The van der Waals surface area contributed by atoms with E-state index in [1.165, 1.54) is 0 Å². The summed E-state index contributed by atoms with van der Waals surface area (Å²) < 4.78 is 29.7. The number of ether oxygens (including phenoxy) is 1. The van der Waals surface area contributed by atoms with Crippen molar-refractivity contribution >= 4 is 32.7 Å². The standard InChI is InChI=1S/C23H24N2O5S/c1-25-13-17-3-2-4-19(10-17)24-23(27)21(31(28)29)12-18-9-16(11-22(25)26)7-8-20(18)30-14-15-5-6-15/h2-4,7-10,15H,5-6,11-14H2,1H3,(H,24,27). The van der Waals surface area contributed by atoms with Crippen LogP contribution in [0.4, 0.5) is 5.69 Å². The predicted molar refractivity (Wildman–Crippen MR) is 118 cm³/mol. The van der Waals surface area contributed by atoms with Crippen LogP contribution in [0.15, 0.2) is 42.5 Å². The van der Waals surface area contributed by atoms with E-state index < -0.39 is 16.2 Å².